The summed E-state index contributed by atoms with van der Waals surface area (Å²) in [6.07, 6.45) is 0. The summed E-state index contributed by atoms with van der Waals surface area (Å²) in [5.74, 6) is -1.42. The van der Waals surface area contributed by atoms with Crippen molar-refractivity contribution in [3.05, 3.63) is 0 Å². The van der Waals surface area contributed by atoms with Gasteiger partial charge in [0.1, 0.15) is 22.7 Å². The third kappa shape index (κ3) is 12.9. The van der Waals surface area contributed by atoms with Crippen molar-refractivity contribution >= 4 is 33.5 Å². The summed E-state index contributed by atoms with van der Waals surface area (Å²) in [4.78, 5) is 23.0. The lowest BCUT2D eigenvalue weighted by Crippen LogP contribution is -2.29. The van der Waals surface area contributed by atoms with E-state index in [4.69, 9.17) is 9.47 Å². The molecule has 0 saturated carbocycles. The van der Waals surface area contributed by atoms with Crippen LogP contribution in [-0.4, -0.2) is 54.6 Å². The molecule has 0 fully saturated rings. The lowest BCUT2D eigenvalue weighted by molar-refractivity contribution is -0.152. The predicted octanol–water partition coefficient (Wildman–Crippen LogP) is 1.17. The summed E-state index contributed by atoms with van der Waals surface area (Å²) in [6.45, 7) is 10.4. The van der Waals surface area contributed by atoms with Gasteiger partial charge >= 0.3 is 11.9 Å². The zero-order chi connectivity index (χ0) is 17.6. The highest BCUT2D eigenvalue weighted by molar-refractivity contribution is 7.89. The van der Waals surface area contributed by atoms with E-state index < -0.39 is 44.7 Å². The van der Waals surface area contributed by atoms with Gasteiger partial charge in [0.05, 0.1) is 0 Å². The average Bonchev–Trinajstić information content (AvgIpc) is 2.20. The molecule has 6 nitrogen and oxygen atoms in total. The minimum atomic E-state index is -1.46. The highest BCUT2D eigenvalue weighted by atomic mass is 32.2. The number of rotatable bonds is 7. The van der Waals surface area contributed by atoms with E-state index in [-0.39, 0.29) is 23.0 Å². The molecule has 130 valence electrons. The number of hydrogen-bond donors (Lipinski definition) is 0. The Morgan fingerprint density at radius 1 is 0.727 bits per heavy atom. The van der Waals surface area contributed by atoms with Gasteiger partial charge in [0.15, 0.2) is 0 Å². The van der Waals surface area contributed by atoms with Crippen LogP contribution < -0.4 is 0 Å². The Labute approximate surface area is 137 Å². The first-order chi connectivity index (χ1) is 9.78. The fraction of sp³-hybridized carbons (Fsp3) is 0.857. The van der Waals surface area contributed by atoms with Crippen molar-refractivity contribution in [2.24, 2.45) is 0 Å². The molecule has 0 spiro atoms. The fourth-order valence-electron chi connectivity index (χ4n) is 1.34. The van der Waals surface area contributed by atoms with Gasteiger partial charge < -0.3 is 9.47 Å². The number of carbonyl (C=O) groups is 2. The maximum absolute atomic E-state index is 11.7. The molecule has 8 heteroatoms. The van der Waals surface area contributed by atoms with Gasteiger partial charge in [-0.3, -0.25) is 18.0 Å². The lowest BCUT2D eigenvalue weighted by atomic mass is 10.2. The Morgan fingerprint density at radius 2 is 1.00 bits per heavy atom. The molecule has 0 heterocycles. The fourth-order valence-corrected chi connectivity index (χ4v) is 3.75. The van der Waals surface area contributed by atoms with E-state index in [1.807, 2.05) is 0 Å². The summed E-state index contributed by atoms with van der Waals surface area (Å²) in [5, 5.41) is 0. The number of ether oxygens (including phenoxy) is 2. The van der Waals surface area contributed by atoms with Crippen molar-refractivity contribution in [1.29, 1.82) is 0 Å². The third-order valence-electron chi connectivity index (χ3n) is 1.94. The number of esters is 2. The summed E-state index contributed by atoms with van der Waals surface area (Å²) in [7, 11) is -2.92. The molecule has 22 heavy (non-hydrogen) atoms. The van der Waals surface area contributed by atoms with E-state index in [1.54, 1.807) is 41.5 Å². The van der Waals surface area contributed by atoms with Crippen LogP contribution in [0.5, 0.6) is 0 Å². The maximum atomic E-state index is 11.7. The number of carbonyl (C=O) groups excluding carboxylic acids is 2. The van der Waals surface area contributed by atoms with Crippen molar-refractivity contribution in [3.63, 3.8) is 0 Å². The van der Waals surface area contributed by atoms with E-state index >= 15 is 0 Å². The van der Waals surface area contributed by atoms with E-state index in [9.17, 15) is 18.0 Å². The summed E-state index contributed by atoms with van der Waals surface area (Å²) >= 11 is 0. The normalized spacial score (nSPS) is 15.0. The van der Waals surface area contributed by atoms with E-state index in [0.717, 1.165) is 0 Å². The second-order valence-corrected chi connectivity index (χ2v) is 9.90. The van der Waals surface area contributed by atoms with Gasteiger partial charge in [-0.2, -0.15) is 0 Å². The Kier molecular flexibility index (Phi) is 8.46. The molecule has 0 unspecified atom stereocenters. The molecule has 0 bridgehead atoms. The first kappa shape index (κ1) is 21.2. The zero-order valence-electron chi connectivity index (χ0n) is 14.1. The molecule has 0 aromatic carbocycles. The van der Waals surface area contributed by atoms with Gasteiger partial charge in [-0.1, -0.05) is 0 Å². The Bertz CT molecular complexity index is 403. The molecule has 2 atom stereocenters. The Morgan fingerprint density at radius 3 is 1.23 bits per heavy atom. The molecule has 0 aromatic rings. The van der Waals surface area contributed by atoms with Crippen LogP contribution in [-0.2, 0) is 40.7 Å². The van der Waals surface area contributed by atoms with Crippen LogP contribution in [0.3, 0.4) is 0 Å². The SMILES string of the molecule is CC(C)(C)OC(=O)C[S@](=O)CC[S@@](=O)CC(=O)OC(C)(C)C. The molecule has 0 saturated heterocycles. The second kappa shape index (κ2) is 8.76. The molecule has 0 aliphatic rings. The molecule has 0 amide bonds. The van der Waals surface area contributed by atoms with Crippen LogP contribution in [0.4, 0.5) is 0 Å². The van der Waals surface area contributed by atoms with Gasteiger partial charge in [0, 0.05) is 33.1 Å². The van der Waals surface area contributed by atoms with Crippen LogP contribution in [0.15, 0.2) is 0 Å². The first-order valence-corrected chi connectivity index (χ1v) is 9.90. The summed E-state index contributed by atoms with van der Waals surface area (Å²) in [5.41, 5.74) is -1.25. The molecule has 0 aromatic heterocycles. The highest BCUT2D eigenvalue weighted by Crippen LogP contribution is 2.08. The third-order valence-corrected chi connectivity index (χ3v) is 4.63. The quantitative estimate of drug-likeness (QED) is 0.638. The van der Waals surface area contributed by atoms with E-state index in [2.05, 4.69) is 0 Å². The Balaban J connectivity index is 4.08. The standard InChI is InChI=1S/C14H26O6S2/c1-13(2,3)19-11(15)9-21(17)7-8-22(18)10-12(16)20-14(4,5)6/h7-10H2,1-6H3/t21-,22-/m1/s1. The van der Waals surface area contributed by atoms with Crippen molar-refractivity contribution < 1.29 is 27.5 Å². The van der Waals surface area contributed by atoms with E-state index in [1.165, 1.54) is 0 Å². The van der Waals surface area contributed by atoms with Crippen LogP contribution in [0, 0.1) is 0 Å². The molecule has 0 N–H and O–H groups in total. The average molecular weight is 354 g/mol. The van der Waals surface area contributed by atoms with Crippen LogP contribution in [0.1, 0.15) is 41.5 Å². The van der Waals surface area contributed by atoms with Gasteiger partial charge in [-0.05, 0) is 41.5 Å². The molecule has 0 rings (SSSR count). The predicted molar refractivity (Wildman–Crippen MR) is 87.4 cm³/mol. The molecule has 0 aliphatic heterocycles. The summed E-state index contributed by atoms with van der Waals surface area (Å²) < 4.78 is 33.5. The minimum absolute atomic E-state index is 0.0780. The van der Waals surface area contributed by atoms with Crippen LogP contribution in [0.25, 0.3) is 0 Å². The topological polar surface area (TPSA) is 86.7 Å². The molecule has 0 aliphatic carbocycles. The van der Waals surface area contributed by atoms with Crippen molar-refractivity contribution in [3.8, 4) is 0 Å². The Hall–Kier alpha value is -0.760. The van der Waals surface area contributed by atoms with Crippen LogP contribution in [0.2, 0.25) is 0 Å². The smallest absolute Gasteiger partial charge is 0.319 e. The van der Waals surface area contributed by atoms with E-state index in [0.29, 0.717) is 0 Å². The van der Waals surface area contributed by atoms with Gasteiger partial charge in [-0.15, -0.1) is 0 Å². The van der Waals surface area contributed by atoms with Gasteiger partial charge in [-0.25, -0.2) is 0 Å². The largest absolute Gasteiger partial charge is 0.459 e. The highest BCUT2D eigenvalue weighted by Gasteiger charge is 2.20. The van der Waals surface area contributed by atoms with Gasteiger partial charge in [0.25, 0.3) is 0 Å². The molecular formula is C14H26O6S2. The van der Waals surface area contributed by atoms with Crippen molar-refractivity contribution in [1.82, 2.24) is 0 Å². The van der Waals surface area contributed by atoms with Crippen LogP contribution >= 0.6 is 0 Å². The minimum Gasteiger partial charge on any atom is -0.459 e. The molecular weight excluding hydrogens is 328 g/mol. The lowest BCUT2D eigenvalue weighted by Gasteiger charge is -2.19. The molecule has 0 radical (unpaired) electrons. The van der Waals surface area contributed by atoms with Gasteiger partial charge in [0.2, 0.25) is 0 Å². The van der Waals surface area contributed by atoms with Crippen molar-refractivity contribution in [2.45, 2.75) is 52.7 Å². The zero-order valence-corrected chi connectivity index (χ0v) is 15.7. The summed E-state index contributed by atoms with van der Waals surface area (Å²) in [6, 6.07) is 0. The maximum Gasteiger partial charge on any atom is 0.319 e. The first-order valence-electron chi connectivity index (χ1n) is 6.92. The second-order valence-electron chi connectivity index (χ2n) is 6.75. The monoisotopic (exact) mass is 354 g/mol. The van der Waals surface area contributed by atoms with Crippen molar-refractivity contribution in [2.75, 3.05) is 23.0 Å². The number of hydrogen-bond acceptors (Lipinski definition) is 6.